The monoisotopic (exact) mass is 278 g/mol. The molecule has 0 fully saturated rings. The molecule has 0 amide bonds. The molecule has 1 aliphatic carbocycles. The fourth-order valence-electron chi connectivity index (χ4n) is 2.73. The van der Waals surface area contributed by atoms with E-state index in [0.717, 1.165) is 5.39 Å². The van der Waals surface area contributed by atoms with Crippen LogP contribution in [0.2, 0.25) is 0 Å². The molecule has 0 radical (unpaired) electrons. The smallest absolute Gasteiger partial charge is 0.298 e. The first-order chi connectivity index (χ1) is 9.39. The molecule has 1 atom stereocenters. The normalized spacial score (nSPS) is 18.4. The van der Waals surface area contributed by atoms with Crippen molar-refractivity contribution in [1.29, 1.82) is 0 Å². The summed E-state index contributed by atoms with van der Waals surface area (Å²) in [4.78, 5) is 23.4. The van der Waals surface area contributed by atoms with Gasteiger partial charge >= 0.3 is 6.18 Å². The largest absolute Gasteiger partial charge is 0.451 e. The number of halogens is 3. The number of Topliss-reactive ketones (excluding diaryl/α,β-unsaturated/α-hetero) is 2. The molecule has 0 bridgehead atoms. The number of alkyl halides is 3. The Balaban J connectivity index is 2.25. The number of rotatable bonds is 1. The van der Waals surface area contributed by atoms with Crippen LogP contribution in [0.3, 0.4) is 0 Å². The van der Waals surface area contributed by atoms with Gasteiger partial charge in [-0.1, -0.05) is 36.4 Å². The zero-order chi connectivity index (χ0) is 14.5. The second kappa shape index (κ2) is 4.16. The van der Waals surface area contributed by atoms with Gasteiger partial charge in [0.05, 0.1) is 0 Å². The Kier molecular flexibility index (Phi) is 2.67. The summed E-state index contributed by atoms with van der Waals surface area (Å²) in [7, 11) is 0. The Hall–Kier alpha value is -2.17. The van der Waals surface area contributed by atoms with E-state index in [0.29, 0.717) is 10.9 Å². The van der Waals surface area contributed by atoms with Gasteiger partial charge in [0, 0.05) is 6.42 Å². The van der Waals surface area contributed by atoms with Crippen LogP contribution < -0.4 is 0 Å². The Morgan fingerprint density at radius 1 is 1.10 bits per heavy atom. The fraction of sp³-hybridized carbons (Fsp3) is 0.200. The molecule has 0 saturated carbocycles. The summed E-state index contributed by atoms with van der Waals surface area (Å²) in [6.45, 7) is 0. The first kappa shape index (κ1) is 12.8. The Morgan fingerprint density at radius 3 is 2.50 bits per heavy atom. The quantitative estimate of drug-likeness (QED) is 0.751. The van der Waals surface area contributed by atoms with E-state index in [2.05, 4.69) is 0 Å². The van der Waals surface area contributed by atoms with Crippen molar-refractivity contribution in [2.24, 2.45) is 0 Å². The molecule has 5 heteroatoms. The highest BCUT2D eigenvalue weighted by molar-refractivity contribution is 6.16. The van der Waals surface area contributed by atoms with E-state index in [-0.39, 0.29) is 12.0 Å². The highest BCUT2D eigenvalue weighted by Gasteiger charge is 2.49. The van der Waals surface area contributed by atoms with E-state index in [4.69, 9.17) is 0 Å². The van der Waals surface area contributed by atoms with Crippen LogP contribution in [0.1, 0.15) is 17.0 Å². The SMILES string of the molecule is O=C1Cc2ccc3ccccc3c2C1C(=O)C(F)(F)F. The molecule has 2 aromatic carbocycles. The van der Waals surface area contributed by atoms with Crippen LogP contribution in [-0.4, -0.2) is 17.7 Å². The van der Waals surface area contributed by atoms with Crippen LogP contribution in [0.25, 0.3) is 10.8 Å². The second-order valence-electron chi connectivity index (χ2n) is 4.80. The molecule has 20 heavy (non-hydrogen) atoms. The van der Waals surface area contributed by atoms with Gasteiger partial charge in [-0.3, -0.25) is 9.59 Å². The molecule has 0 aromatic heterocycles. The molecule has 2 aromatic rings. The summed E-state index contributed by atoms with van der Waals surface area (Å²) in [6, 6.07) is 10.2. The predicted octanol–water partition coefficient (Wildman–Crippen LogP) is 3.18. The molecule has 0 N–H and O–H groups in total. The van der Waals surface area contributed by atoms with Crippen LogP contribution in [0.4, 0.5) is 13.2 Å². The maximum Gasteiger partial charge on any atom is 0.451 e. The molecular formula is C15H9F3O2. The lowest BCUT2D eigenvalue weighted by molar-refractivity contribution is -0.173. The first-order valence-corrected chi connectivity index (χ1v) is 6.04. The van der Waals surface area contributed by atoms with E-state index in [1.165, 1.54) is 0 Å². The van der Waals surface area contributed by atoms with Gasteiger partial charge in [0.1, 0.15) is 5.92 Å². The lowest BCUT2D eigenvalue weighted by Gasteiger charge is -2.14. The Labute approximate surface area is 112 Å². The standard InChI is InChI=1S/C15H9F3O2/c16-15(17,18)14(20)13-11(19)7-9-6-5-8-3-1-2-4-10(8)12(9)13/h1-6,13H,7H2. The number of fused-ring (bicyclic) bond motifs is 3. The molecule has 1 aliphatic rings. The average molecular weight is 278 g/mol. The zero-order valence-corrected chi connectivity index (χ0v) is 10.2. The minimum Gasteiger partial charge on any atom is -0.298 e. The van der Waals surface area contributed by atoms with Crippen LogP contribution in [0.5, 0.6) is 0 Å². The summed E-state index contributed by atoms with van der Waals surface area (Å²) in [5.41, 5.74) is 0.728. The summed E-state index contributed by atoms with van der Waals surface area (Å²) in [5.74, 6) is -4.37. The van der Waals surface area contributed by atoms with E-state index in [1.807, 2.05) is 0 Å². The Bertz CT molecular complexity index is 731. The summed E-state index contributed by atoms with van der Waals surface area (Å²) >= 11 is 0. The van der Waals surface area contributed by atoms with E-state index in [9.17, 15) is 22.8 Å². The number of hydrogen-bond acceptors (Lipinski definition) is 2. The van der Waals surface area contributed by atoms with Crippen molar-refractivity contribution in [2.45, 2.75) is 18.5 Å². The van der Waals surface area contributed by atoms with Gasteiger partial charge in [-0.2, -0.15) is 13.2 Å². The minimum atomic E-state index is -5.00. The highest BCUT2D eigenvalue weighted by Crippen LogP contribution is 2.40. The van der Waals surface area contributed by atoms with Gasteiger partial charge in [-0.25, -0.2) is 0 Å². The minimum absolute atomic E-state index is 0.118. The number of benzene rings is 2. The first-order valence-electron chi connectivity index (χ1n) is 6.04. The second-order valence-corrected chi connectivity index (χ2v) is 4.80. The number of carbonyl (C=O) groups excluding carboxylic acids is 2. The van der Waals surface area contributed by atoms with E-state index in [1.54, 1.807) is 36.4 Å². The molecule has 0 saturated heterocycles. The van der Waals surface area contributed by atoms with Crippen LogP contribution in [0.15, 0.2) is 36.4 Å². The van der Waals surface area contributed by atoms with E-state index < -0.39 is 23.7 Å². The van der Waals surface area contributed by atoms with Crippen LogP contribution in [0, 0.1) is 0 Å². The number of ketones is 2. The van der Waals surface area contributed by atoms with Crippen molar-refractivity contribution in [2.75, 3.05) is 0 Å². The summed E-state index contributed by atoms with van der Waals surface area (Å²) < 4.78 is 38.0. The highest BCUT2D eigenvalue weighted by atomic mass is 19.4. The van der Waals surface area contributed by atoms with Crippen molar-refractivity contribution in [1.82, 2.24) is 0 Å². The van der Waals surface area contributed by atoms with Crippen molar-refractivity contribution < 1.29 is 22.8 Å². The van der Waals surface area contributed by atoms with Gasteiger partial charge in [0.25, 0.3) is 5.78 Å². The van der Waals surface area contributed by atoms with Crippen LogP contribution in [-0.2, 0) is 16.0 Å². The maximum absolute atomic E-state index is 12.7. The topological polar surface area (TPSA) is 34.1 Å². The van der Waals surface area contributed by atoms with Crippen molar-refractivity contribution in [3.8, 4) is 0 Å². The van der Waals surface area contributed by atoms with Gasteiger partial charge in [0.15, 0.2) is 5.78 Å². The molecule has 2 nitrogen and oxygen atoms in total. The third-order valence-electron chi connectivity index (χ3n) is 3.58. The lowest BCUT2D eigenvalue weighted by atomic mass is 9.91. The van der Waals surface area contributed by atoms with Crippen LogP contribution >= 0.6 is 0 Å². The number of hydrogen-bond donors (Lipinski definition) is 0. The van der Waals surface area contributed by atoms with E-state index >= 15 is 0 Å². The summed E-state index contributed by atoms with van der Waals surface area (Å²) in [5, 5.41) is 1.26. The lowest BCUT2D eigenvalue weighted by Crippen LogP contribution is -2.31. The third kappa shape index (κ3) is 1.81. The van der Waals surface area contributed by atoms with Gasteiger partial charge < -0.3 is 0 Å². The van der Waals surface area contributed by atoms with Crippen molar-refractivity contribution >= 4 is 22.3 Å². The predicted molar refractivity (Wildman–Crippen MR) is 66.5 cm³/mol. The summed E-state index contributed by atoms with van der Waals surface area (Å²) in [6.07, 6.45) is -5.12. The molecule has 102 valence electrons. The molecule has 0 heterocycles. The molecule has 3 rings (SSSR count). The fourth-order valence-corrected chi connectivity index (χ4v) is 2.73. The molecule has 0 spiro atoms. The third-order valence-corrected chi connectivity index (χ3v) is 3.58. The molecule has 0 aliphatic heterocycles. The van der Waals surface area contributed by atoms with Gasteiger partial charge in [-0.05, 0) is 21.9 Å². The maximum atomic E-state index is 12.7. The van der Waals surface area contributed by atoms with Gasteiger partial charge in [-0.15, -0.1) is 0 Å². The molecular weight excluding hydrogens is 269 g/mol. The van der Waals surface area contributed by atoms with Crippen molar-refractivity contribution in [3.63, 3.8) is 0 Å². The van der Waals surface area contributed by atoms with Gasteiger partial charge in [0.2, 0.25) is 0 Å². The zero-order valence-electron chi connectivity index (χ0n) is 10.2. The Morgan fingerprint density at radius 2 is 1.80 bits per heavy atom. The van der Waals surface area contributed by atoms with Crippen molar-refractivity contribution in [3.05, 3.63) is 47.5 Å². The average Bonchev–Trinajstić information content (AvgIpc) is 2.73. The number of carbonyl (C=O) groups is 2. The molecule has 1 unspecified atom stereocenters.